The summed E-state index contributed by atoms with van der Waals surface area (Å²) in [5.74, 6) is -0.864. The average Bonchev–Trinajstić information content (AvgIpc) is 3.50. The third kappa shape index (κ3) is 5.19. The molecule has 2 heterocycles. The van der Waals surface area contributed by atoms with Crippen LogP contribution in [0.3, 0.4) is 0 Å². The Bertz CT molecular complexity index is 1170. The van der Waals surface area contributed by atoms with E-state index in [1.54, 1.807) is 0 Å². The number of hydrogen-bond acceptors (Lipinski definition) is 7. The van der Waals surface area contributed by atoms with Crippen LogP contribution in [0.2, 0.25) is 0 Å². The lowest BCUT2D eigenvalue weighted by molar-refractivity contribution is -0.125. The predicted molar refractivity (Wildman–Crippen MR) is 140 cm³/mol. The molecule has 1 aliphatic rings. The van der Waals surface area contributed by atoms with Crippen LogP contribution in [-0.2, 0) is 22.4 Å². The number of nitrogens with zero attached hydrogens (tertiary/aromatic N) is 4. The van der Waals surface area contributed by atoms with Gasteiger partial charge in [-0.3, -0.25) is 9.59 Å². The van der Waals surface area contributed by atoms with Gasteiger partial charge in [-0.25, -0.2) is 4.99 Å². The van der Waals surface area contributed by atoms with Gasteiger partial charge in [-0.2, -0.15) is 0 Å². The zero-order valence-corrected chi connectivity index (χ0v) is 21.8. The summed E-state index contributed by atoms with van der Waals surface area (Å²) in [6, 6.07) is 8.34. The van der Waals surface area contributed by atoms with Crippen LogP contribution >= 0.6 is 11.3 Å². The molecular weight excluding hydrogens is 464 g/mol. The van der Waals surface area contributed by atoms with Crippen molar-refractivity contribution in [2.75, 3.05) is 31.6 Å². The number of carbonyl (C=O) groups excluding carboxylic acids is 2. The molecule has 35 heavy (non-hydrogen) atoms. The monoisotopic (exact) mass is 496 g/mol. The standard InChI is InChI=1S/C26H32N4O4S/c1-7-18-11-9-10-12-19(18)13-15-29(6)24-20(17(3)21(35-24)22-27-14-16-34-22)23(31)30(8-2)26(4,5)25(32)28-33/h8-12H,2,7,13-16H2,1,3-6H3. The van der Waals surface area contributed by atoms with E-state index >= 15 is 0 Å². The van der Waals surface area contributed by atoms with Gasteiger partial charge in [-0.1, -0.05) is 37.8 Å². The van der Waals surface area contributed by atoms with Crippen LogP contribution in [0.25, 0.3) is 0 Å². The first-order valence-electron chi connectivity index (χ1n) is 11.6. The number of hydrogen-bond donors (Lipinski definition) is 0. The number of amides is 2. The third-order valence-corrected chi connectivity index (χ3v) is 7.69. The number of rotatable bonds is 10. The Morgan fingerprint density at radius 3 is 2.54 bits per heavy atom. The van der Waals surface area contributed by atoms with Crippen molar-refractivity contribution in [3.05, 3.63) is 69.1 Å². The summed E-state index contributed by atoms with van der Waals surface area (Å²) >= 11 is 1.44. The van der Waals surface area contributed by atoms with Crippen LogP contribution in [0.5, 0.6) is 0 Å². The predicted octanol–water partition coefficient (Wildman–Crippen LogP) is 4.73. The Kier molecular flexibility index (Phi) is 8.22. The molecule has 1 aliphatic heterocycles. The molecule has 1 aromatic heterocycles. The van der Waals surface area contributed by atoms with Gasteiger partial charge in [0.05, 0.1) is 17.0 Å². The number of benzene rings is 1. The second kappa shape index (κ2) is 10.9. The highest BCUT2D eigenvalue weighted by atomic mass is 32.1. The Labute approximate surface area is 210 Å². The fourth-order valence-corrected chi connectivity index (χ4v) is 5.38. The molecule has 0 spiro atoms. The van der Waals surface area contributed by atoms with Crippen LogP contribution in [0, 0.1) is 11.8 Å². The number of likely N-dealkylation sites (N-methyl/N-ethyl adjacent to an activating group) is 1. The molecule has 8 nitrogen and oxygen atoms in total. The van der Waals surface area contributed by atoms with Gasteiger partial charge in [-0.05, 0) is 50.3 Å². The largest absolute Gasteiger partial charge is 0.475 e. The van der Waals surface area contributed by atoms with Gasteiger partial charge in [0, 0.05) is 25.0 Å². The first-order valence-corrected chi connectivity index (χ1v) is 12.4. The summed E-state index contributed by atoms with van der Waals surface area (Å²) < 4.78 is 5.70. The normalized spacial score (nSPS) is 13.1. The smallest absolute Gasteiger partial charge is 0.311 e. The fraction of sp³-hybridized carbons (Fsp3) is 0.423. The number of aliphatic imine (C=N–C) groups is 1. The lowest BCUT2D eigenvalue weighted by atomic mass is 10.00. The Morgan fingerprint density at radius 2 is 1.97 bits per heavy atom. The number of nitroso groups, excluding NO2 is 1. The molecule has 0 unspecified atom stereocenters. The molecule has 0 saturated heterocycles. The maximum atomic E-state index is 13.9. The second-order valence-corrected chi connectivity index (χ2v) is 9.88. The molecule has 2 aromatic rings. The molecule has 3 rings (SSSR count). The van der Waals surface area contributed by atoms with Crippen LogP contribution in [-0.4, -0.2) is 54.9 Å². The van der Waals surface area contributed by atoms with Crippen molar-refractivity contribution in [1.82, 2.24) is 4.90 Å². The van der Waals surface area contributed by atoms with Crippen molar-refractivity contribution in [3.63, 3.8) is 0 Å². The van der Waals surface area contributed by atoms with E-state index in [1.807, 2.05) is 31.0 Å². The Morgan fingerprint density at radius 1 is 1.29 bits per heavy atom. The van der Waals surface area contributed by atoms with Crippen LogP contribution in [0.4, 0.5) is 5.00 Å². The molecule has 0 aliphatic carbocycles. The van der Waals surface area contributed by atoms with E-state index in [-0.39, 0.29) is 0 Å². The zero-order valence-electron chi connectivity index (χ0n) is 21.0. The first-order chi connectivity index (χ1) is 16.7. The average molecular weight is 497 g/mol. The minimum absolute atomic E-state index is 0.432. The summed E-state index contributed by atoms with van der Waals surface area (Å²) in [4.78, 5) is 45.5. The van der Waals surface area contributed by atoms with Gasteiger partial charge in [0.15, 0.2) is 0 Å². The minimum Gasteiger partial charge on any atom is -0.475 e. The van der Waals surface area contributed by atoms with Gasteiger partial charge < -0.3 is 14.5 Å². The molecule has 0 saturated carbocycles. The van der Waals surface area contributed by atoms with Crippen LogP contribution in [0.15, 0.2) is 47.2 Å². The van der Waals surface area contributed by atoms with E-state index in [0.29, 0.717) is 36.7 Å². The minimum atomic E-state index is -1.48. The van der Waals surface area contributed by atoms with Gasteiger partial charge in [-0.15, -0.1) is 16.2 Å². The van der Waals surface area contributed by atoms with E-state index in [4.69, 9.17) is 4.74 Å². The van der Waals surface area contributed by atoms with Gasteiger partial charge in [0.1, 0.15) is 17.1 Å². The van der Waals surface area contributed by atoms with Crippen LogP contribution < -0.4 is 4.90 Å². The van der Waals surface area contributed by atoms with E-state index in [1.165, 1.54) is 47.4 Å². The van der Waals surface area contributed by atoms with E-state index < -0.39 is 17.4 Å². The van der Waals surface area contributed by atoms with Crippen molar-refractivity contribution in [2.24, 2.45) is 10.2 Å². The van der Waals surface area contributed by atoms with Gasteiger partial charge in [0.25, 0.3) is 5.91 Å². The van der Waals surface area contributed by atoms with Crippen molar-refractivity contribution in [3.8, 4) is 0 Å². The van der Waals surface area contributed by atoms with Gasteiger partial charge in [0.2, 0.25) is 5.90 Å². The summed E-state index contributed by atoms with van der Waals surface area (Å²) in [6.07, 6.45) is 3.03. The summed E-state index contributed by atoms with van der Waals surface area (Å²) in [7, 11) is 1.94. The topological polar surface area (TPSA) is 91.6 Å². The first kappa shape index (κ1) is 26.3. The van der Waals surface area contributed by atoms with Crippen molar-refractivity contribution in [1.29, 1.82) is 0 Å². The fourth-order valence-electron chi connectivity index (χ4n) is 4.13. The maximum Gasteiger partial charge on any atom is 0.311 e. The molecule has 0 radical (unpaired) electrons. The lowest BCUT2D eigenvalue weighted by Crippen LogP contribution is -2.49. The molecule has 2 amide bonds. The van der Waals surface area contributed by atoms with Crippen molar-refractivity contribution in [2.45, 2.75) is 46.1 Å². The maximum absolute atomic E-state index is 13.9. The zero-order chi connectivity index (χ0) is 25.8. The molecular formula is C26H32N4O4S. The van der Waals surface area contributed by atoms with Gasteiger partial charge >= 0.3 is 5.91 Å². The number of ether oxygens (including phenoxy) is 1. The highest BCUT2D eigenvalue weighted by Crippen LogP contribution is 2.38. The molecule has 0 bridgehead atoms. The van der Waals surface area contributed by atoms with E-state index in [2.05, 4.69) is 35.8 Å². The molecule has 186 valence electrons. The number of aryl methyl sites for hydroxylation is 1. The third-order valence-electron chi connectivity index (χ3n) is 6.29. The summed E-state index contributed by atoms with van der Waals surface area (Å²) in [5.41, 5.74) is 2.23. The Balaban J connectivity index is 2.02. The number of anilines is 1. The summed E-state index contributed by atoms with van der Waals surface area (Å²) in [6.45, 7) is 12.4. The number of carbonyl (C=O) groups is 2. The molecule has 9 heteroatoms. The number of thiophene rings is 1. The SMILES string of the molecule is C=CN(C(=O)c1c(N(C)CCc2ccccc2CC)sc(C2=NCCO2)c1C)C(C)(C)C(=O)N=O. The molecule has 0 N–H and O–H groups in total. The summed E-state index contributed by atoms with van der Waals surface area (Å²) in [5, 5.41) is 3.29. The van der Waals surface area contributed by atoms with Crippen LogP contribution in [0.1, 0.15) is 52.7 Å². The van der Waals surface area contributed by atoms with E-state index in [9.17, 15) is 14.5 Å². The molecule has 0 fully saturated rings. The van der Waals surface area contributed by atoms with Crippen molar-refractivity contribution < 1.29 is 14.3 Å². The highest BCUT2D eigenvalue weighted by molar-refractivity contribution is 7.18. The Hall–Kier alpha value is -3.33. The van der Waals surface area contributed by atoms with Crippen molar-refractivity contribution >= 4 is 34.0 Å². The van der Waals surface area contributed by atoms with E-state index in [0.717, 1.165) is 22.7 Å². The second-order valence-electron chi connectivity index (χ2n) is 8.88. The highest BCUT2D eigenvalue weighted by Gasteiger charge is 2.40. The lowest BCUT2D eigenvalue weighted by Gasteiger charge is -2.33. The molecule has 1 aromatic carbocycles. The quantitative estimate of drug-likeness (QED) is 0.444. The molecule has 0 atom stereocenters.